The maximum Gasteiger partial charge on any atom is 0.127 e. The van der Waals surface area contributed by atoms with Crippen LogP contribution in [0.3, 0.4) is 0 Å². The summed E-state index contributed by atoms with van der Waals surface area (Å²) < 4.78 is 10.7. The Balaban J connectivity index is 1.62. The molecular formula is C20H25N3O2. The third-order valence-electron chi connectivity index (χ3n) is 4.45. The van der Waals surface area contributed by atoms with Crippen molar-refractivity contribution in [1.82, 2.24) is 5.01 Å². The van der Waals surface area contributed by atoms with Crippen molar-refractivity contribution in [2.24, 2.45) is 5.10 Å². The average Bonchev–Trinajstić information content (AvgIpc) is 2.67. The number of nitrogens with zero attached hydrogens (tertiary/aromatic N) is 3. The van der Waals surface area contributed by atoms with E-state index in [0.29, 0.717) is 0 Å². The molecule has 1 aliphatic heterocycles. The second kappa shape index (κ2) is 7.92. The minimum Gasteiger partial charge on any atom is -0.497 e. The molecule has 0 unspecified atom stereocenters. The van der Waals surface area contributed by atoms with Crippen LogP contribution in [-0.2, 0) is 0 Å². The van der Waals surface area contributed by atoms with Crippen molar-refractivity contribution >= 4 is 11.9 Å². The minimum absolute atomic E-state index is 0.794. The number of rotatable bonds is 5. The highest BCUT2D eigenvalue weighted by Gasteiger charge is 2.15. The number of anilines is 1. The lowest BCUT2D eigenvalue weighted by atomic mass is 10.2. The minimum atomic E-state index is 0.794. The highest BCUT2D eigenvalue weighted by molar-refractivity contribution is 5.84. The summed E-state index contributed by atoms with van der Waals surface area (Å²) >= 11 is 0. The maximum absolute atomic E-state index is 5.40. The smallest absolute Gasteiger partial charge is 0.127 e. The first-order chi connectivity index (χ1) is 12.2. The van der Waals surface area contributed by atoms with Crippen LogP contribution in [0.4, 0.5) is 5.69 Å². The summed E-state index contributed by atoms with van der Waals surface area (Å²) in [5.74, 6) is 1.59. The lowest BCUT2D eigenvalue weighted by Gasteiger charge is -2.34. The predicted octanol–water partition coefficient (Wildman–Crippen LogP) is 3.17. The fourth-order valence-corrected chi connectivity index (χ4v) is 2.91. The van der Waals surface area contributed by atoms with Crippen LogP contribution in [0, 0.1) is 6.92 Å². The van der Waals surface area contributed by atoms with Gasteiger partial charge in [-0.1, -0.05) is 17.7 Å². The topological polar surface area (TPSA) is 37.3 Å². The summed E-state index contributed by atoms with van der Waals surface area (Å²) in [7, 11) is 3.33. The number of hydrogen-bond acceptors (Lipinski definition) is 5. The molecule has 1 saturated heterocycles. The Labute approximate surface area is 149 Å². The van der Waals surface area contributed by atoms with E-state index >= 15 is 0 Å². The van der Waals surface area contributed by atoms with Gasteiger partial charge in [0, 0.05) is 24.3 Å². The molecule has 0 aromatic heterocycles. The van der Waals surface area contributed by atoms with Gasteiger partial charge in [0.1, 0.15) is 11.5 Å². The molecule has 0 saturated carbocycles. The molecule has 1 fully saturated rings. The molecule has 0 atom stereocenters. The third-order valence-corrected chi connectivity index (χ3v) is 4.45. The molecule has 0 aliphatic carbocycles. The molecule has 0 bridgehead atoms. The largest absolute Gasteiger partial charge is 0.497 e. The second-order valence-electron chi connectivity index (χ2n) is 6.13. The molecule has 2 aromatic carbocycles. The predicted molar refractivity (Wildman–Crippen MR) is 102 cm³/mol. The molecule has 0 spiro atoms. The van der Waals surface area contributed by atoms with E-state index in [0.717, 1.165) is 43.2 Å². The molecule has 3 rings (SSSR count). The van der Waals surface area contributed by atoms with Gasteiger partial charge in [0.05, 0.1) is 33.5 Å². The number of piperazine rings is 1. The first-order valence-corrected chi connectivity index (χ1v) is 8.52. The summed E-state index contributed by atoms with van der Waals surface area (Å²) in [6.07, 6.45) is 1.85. The standard InChI is InChI=1S/C20H25N3O2/c1-16-4-6-18(7-5-16)22-10-12-23(13-11-22)21-15-17-14-19(24-2)8-9-20(17)25-3/h4-9,14-15H,10-13H2,1-3H3. The normalized spacial score (nSPS) is 14.8. The summed E-state index contributed by atoms with van der Waals surface area (Å²) in [5, 5.41) is 6.73. The number of benzene rings is 2. The maximum atomic E-state index is 5.40. The molecule has 0 N–H and O–H groups in total. The first kappa shape index (κ1) is 17.1. The Bertz CT molecular complexity index is 720. The molecule has 5 nitrogen and oxygen atoms in total. The van der Waals surface area contributed by atoms with Gasteiger partial charge < -0.3 is 14.4 Å². The van der Waals surface area contributed by atoms with Crippen LogP contribution in [0.5, 0.6) is 11.5 Å². The van der Waals surface area contributed by atoms with Crippen LogP contribution in [-0.4, -0.2) is 51.6 Å². The summed E-state index contributed by atoms with van der Waals surface area (Å²) in [6.45, 7) is 5.85. The SMILES string of the molecule is COc1ccc(OC)c(C=NN2CCN(c3ccc(C)cc3)CC2)c1. The van der Waals surface area contributed by atoms with Crippen LogP contribution in [0.2, 0.25) is 0 Å². The van der Waals surface area contributed by atoms with E-state index in [1.807, 2.05) is 24.4 Å². The van der Waals surface area contributed by atoms with E-state index in [2.05, 4.69) is 46.2 Å². The van der Waals surface area contributed by atoms with Crippen molar-refractivity contribution in [1.29, 1.82) is 0 Å². The van der Waals surface area contributed by atoms with Crippen LogP contribution < -0.4 is 14.4 Å². The highest BCUT2D eigenvalue weighted by Crippen LogP contribution is 2.23. The Hall–Kier alpha value is -2.69. The zero-order valence-corrected chi connectivity index (χ0v) is 15.1. The van der Waals surface area contributed by atoms with Gasteiger partial charge in [-0.15, -0.1) is 0 Å². The second-order valence-corrected chi connectivity index (χ2v) is 6.13. The van der Waals surface area contributed by atoms with Gasteiger partial charge in [0.25, 0.3) is 0 Å². The van der Waals surface area contributed by atoms with Gasteiger partial charge in [-0.3, -0.25) is 5.01 Å². The van der Waals surface area contributed by atoms with Crippen LogP contribution in [0.15, 0.2) is 47.6 Å². The molecule has 2 aromatic rings. The van der Waals surface area contributed by atoms with E-state index in [1.165, 1.54) is 11.3 Å². The number of aryl methyl sites for hydroxylation is 1. The summed E-state index contributed by atoms with van der Waals surface area (Å²) in [6, 6.07) is 14.4. The lowest BCUT2D eigenvalue weighted by Crippen LogP contribution is -2.44. The summed E-state index contributed by atoms with van der Waals surface area (Å²) in [4.78, 5) is 2.40. The molecule has 0 radical (unpaired) electrons. The molecule has 0 amide bonds. The molecule has 25 heavy (non-hydrogen) atoms. The Morgan fingerprint density at radius 1 is 0.920 bits per heavy atom. The van der Waals surface area contributed by atoms with E-state index in [-0.39, 0.29) is 0 Å². The molecule has 1 aliphatic rings. The molecule has 1 heterocycles. The number of hydrazone groups is 1. The monoisotopic (exact) mass is 339 g/mol. The van der Waals surface area contributed by atoms with Gasteiger partial charge in [-0.2, -0.15) is 5.10 Å². The third kappa shape index (κ3) is 4.24. The first-order valence-electron chi connectivity index (χ1n) is 8.52. The molecule has 132 valence electrons. The van der Waals surface area contributed by atoms with Crippen LogP contribution in [0.25, 0.3) is 0 Å². The van der Waals surface area contributed by atoms with Crippen molar-refractivity contribution in [2.75, 3.05) is 45.3 Å². The Morgan fingerprint density at radius 3 is 2.28 bits per heavy atom. The van der Waals surface area contributed by atoms with Crippen molar-refractivity contribution in [2.45, 2.75) is 6.92 Å². The Kier molecular flexibility index (Phi) is 5.43. The number of ether oxygens (including phenoxy) is 2. The fourth-order valence-electron chi connectivity index (χ4n) is 2.91. The zero-order valence-electron chi connectivity index (χ0n) is 15.1. The van der Waals surface area contributed by atoms with Gasteiger partial charge in [-0.05, 0) is 37.3 Å². The van der Waals surface area contributed by atoms with E-state index in [9.17, 15) is 0 Å². The van der Waals surface area contributed by atoms with Gasteiger partial charge >= 0.3 is 0 Å². The van der Waals surface area contributed by atoms with Crippen LogP contribution >= 0.6 is 0 Å². The fraction of sp³-hybridized carbons (Fsp3) is 0.350. The summed E-state index contributed by atoms with van der Waals surface area (Å²) in [5.41, 5.74) is 3.49. The van der Waals surface area contributed by atoms with Crippen molar-refractivity contribution in [3.05, 3.63) is 53.6 Å². The van der Waals surface area contributed by atoms with E-state index < -0.39 is 0 Å². The zero-order chi connectivity index (χ0) is 17.6. The van der Waals surface area contributed by atoms with Gasteiger partial charge in [-0.25, -0.2) is 0 Å². The van der Waals surface area contributed by atoms with E-state index in [1.54, 1.807) is 14.2 Å². The van der Waals surface area contributed by atoms with Crippen molar-refractivity contribution < 1.29 is 9.47 Å². The lowest BCUT2D eigenvalue weighted by molar-refractivity contribution is 0.272. The van der Waals surface area contributed by atoms with Gasteiger partial charge in [0.2, 0.25) is 0 Å². The van der Waals surface area contributed by atoms with Crippen LogP contribution in [0.1, 0.15) is 11.1 Å². The average molecular weight is 339 g/mol. The Morgan fingerprint density at radius 2 is 1.64 bits per heavy atom. The number of methoxy groups -OCH3 is 2. The molecular weight excluding hydrogens is 314 g/mol. The number of hydrogen-bond donors (Lipinski definition) is 0. The highest BCUT2D eigenvalue weighted by atomic mass is 16.5. The quantitative estimate of drug-likeness (QED) is 0.784. The van der Waals surface area contributed by atoms with Crippen molar-refractivity contribution in [3.8, 4) is 11.5 Å². The van der Waals surface area contributed by atoms with Crippen molar-refractivity contribution in [3.63, 3.8) is 0 Å². The van der Waals surface area contributed by atoms with Gasteiger partial charge in [0.15, 0.2) is 0 Å². The van der Waals surface area contributed by atoms with E-state index in [4.69, 9.17) is 9.47 Å². The molecule has 5 heteroatoms.